The van der Waals surface area contributed by atoms with Crippen molar-refractivity contribution in [1.82, 2.24) is 9.47 Å². The summed E-state index contributed by atoms with van der Waals surface area (Å²) >= 11 is 6.12. The van der Waals surface area contributed by atoms with E-state index in [-0.39, 0.29) is 11.8 Å². The molecule has 1 heterocycles. The fraction of sp³-hybridized carbons (Fsp3) is 0.182. The molecule has 0 aliphatic heterocycles. The van der Waals surface area contributed by atoms with Gasteiger partial charge in [-0.15, -0.1) is 0 Å². The SMILES string of the molecule is Cc1ccc(C)n1-c1ccc(C(=O)Nc2ccc(Cl)c(C(=O)N(C)C)c2)cc1. The summed E-state index contributed by atoms with van der Waals surface area (Å²) in [6, 6.07) is 16.4. The second-order valence-electron chi connectivity index (χ2n) is 6.85. The molecule has 5 nitrogen and oxygen atoms in total. The number of nitrogens with zero attached hydrogens (tertiary/aromatic N) is 2. The van der Waals surface area contributed by atoms with Gasteiger partial charge < -0.3 is 14.8 Å². The summed E-state index contributed by atoms with van der Waals surface area (Å²) in [6.07, 6.45) is 0. The number of rotatable bonds is 4. The number of anilines is 1. The van der Waals surface area contributed by atoms with E-state index in [1.807, 2.05) is 26.0 Å². The van der Waals surface area contributed by atoms with E-state index >= 15 is 0 Å². The summed E-state index contributed by atoms with van der Waals surface area (Å²) in [7, 11) is 3.30. The standard InChI is InChI=1S/C22H22ClN3O2/c1-14-5-6-15(2)26(14)18-10-7-16(8-11-18)21(27)24-17-9-12-20(23)19(13-17)22(28)25(3)4/h5-13H,1-4H3,(H,24,27). The first-order valence-electron chi connectivity index (χ1n) is 8.86. The molecule has 144 valence electrons. The minimum atomic E-state index is -0.252. The van der Waals surface area contributed by atoms with Crippen LogP contribution < -0.4 is 5.32 Å². The molecule has 0 saturated heterocycles. The van der Waals surface area contributed by atoms with E-state index in [0.717, 1.165) is 17.1 Å². The van der Waals surface area contributed by atoms with Crippen LogP contribution in [0.2, 0.25) is 5.02 Å². The van der Waals surface area contributed by atoms with Crippen molar-refractivity contribution in [2.24, 2.45) is 0 Å². The minimum Gasteiger partial charge on any atom is -0.345 e. The van der Waals surface area contributed by atoms with Gasteiger partial charge in [0.25, 0.3) is 11.8 Å². The van der Waals surface area contributed by atoms with Crippen LogP contribution in [0.15, 0.2) is 54.6 Å². The van der Waals surface area contributed by atoms with E-state index in [2.05, 4.69) is 22.0 Å². The quantitative estimate of drug-likeness (QED) is 0.696. The van der Waals surface area contributed by atoms with Crippen LogP contribution in [0.5, 0.6) is 0 Å². The zero-order chi connectivity index (χ0) is 20.4. The highest BCUT2D eigenvalue weighted by atomic mass is 35.5. The van der Waals surface area contributed by atoms with Crippen molar-refractivity contribution in [1.29, 1.82) is 0 Å². The summed E-state index contributed by atoms with van der Waals surface area (Å²) in [6.45, 7) is 4.08. The molecule has 2 amide bonds. The molecule has 0 saturated carbocycles. The summed E-state index contributed by atoms with van der Waals surface area (Å²) in [5.74, 6) is -0.471. The predicted octanol–water partition coefficient (Wildman–Crippen LogP) is 4.70. The molecule has 0 aliphatic carbocycles. The van der Waals surface area contributed by atoms with Crippen molar-refractivity contribution < 1.29 is 9.59 Å². The first kappa shape index (κ1) is 19.7. The van der Waals surface area contributed by atoms with Gasteiger partial charge in [-0.1, -0.05) is 11.6 Å². The number of hydrogen-bond acceptors (Lipinski definition) is 2. The van der Waals surface area contributed by atoms with Crippen LogP contribution in [0.3, 0.4) is 0 Å². The third kappa shape index (κ3) is 3.94. The Hall–Kier alpha value is -3.05. The Labute approximate surface area is 169 Å². The van der Waals surface area contributed by atoms with E-state index < -0.39 is 0 Å². The first-order valence-corrected chi connectivity index (χ1v) is 9.23. The summed E-state index contributed by atoms with van der Waals surface area (Å²) in [5.41, 5.74) is 4.66. The lowest BCUT2D eigenvalue weighted by atomic mass is 10.1. The van der Waals surface area contributed by atoms with Crippen LogP contribution in [0.1, 0.15) is 32.1 Å². The normalized spacial score (nSPS) is 10.6. The average Bonchev–Trinajstić information content (AvgIpc) is 3.01. The number of aromatic nitrogens is 1. The van der Waals surface area contributed by atoms with Gasteiger partial charge in [-0.2, -0.15) is 0 Å². The molecule has 1 aromatic heterocycles. The number of hydrogen-bond donors (Lipinski definition) is 1. The molecule has 3 aromatic rings. The van der Waals surface area contributed by atoms with E-state index in [0.29, 0.717) is 21.8 Å². The van der Waals surface area contributed by atoms with Gasteiger partial charge in [-0.25, -0.2) is 0 Å². The molecule has 0 bridgehead atoms. The predicted molar refractivity (Wildman–Crippen MR) is 113 cm³/mol. The van der Waals surface area contributed by atoms with E-state index in [1.165, 1.54) is 4.90 Å². The average molecular weight is 396 g/mol. The summed E-state index contributed by atoms with van der Waals surface area (Å²) in [5, 5.41) is 3.17. The molecule has 6 heteroatoms. The number of aryl methyl sites for hydroxylation is 2. The van der Waals surface area contributed by atoms with Gasteiger partial charge in [0.15, 0.2) is 0 Å². The maximum absolute atomic E-state index is 12.6. The second-order valence-corrected chi connectivity index (χ2v) is 7.25. The smallest absolute Gasteiger partial charge is 0.255 e. The Kier molecular flexibility index (Phi) is 5.56. The summed E-state index contributed by atoms with van der Waals surface area (Å²) in [4.78, 5) is 26.2. The van der Waals surface area contributed by atoms with Crippen LogP contribution in [0.25, 0.3) is 5.69 Å². The zero-order valence-electron chi connectivity index (χ0n) is 16.3. The topological polar surface area (TPSA) is 54.3 Å². The summed E-state index contributed by atoms with van der Waals surface area (Å²) < 4.78 is 2.13. The highest BCUT2D eigenvalue weighted by molar-refractivity contribution is 6.34. The van der Waals surface area contributed by atoms with Crippen molar-refractivity contribution in [2.75, 3.05) is 19.4 Å². The van der Waals surface area contributed by atoms with Gasteiger partial charge >= 0.3 is 0 Å². The number of benzene rings is 2. The van der Waals surface area contributed by atoms with Crippen molar-refractivity contribution in [3.05, 3.63) is 82.1 Å². The monoisotopic (exact) mass is 395 g/mol. The molecule has 0 atom stereocenters. The van der Waals surface area contributed by atoms with Gasteiger partial charge in [-0.05, 0) is 68.4 Å². The van der Waals surface area contributed by atoms with Gasteiger partial charge in [0.1, 0.15) is 0 Å². The number of carbonyl (C=O) groups is 2. The van der Waals surface area contributed by atoms with Crippen LogP contribution in [-0.4, -0.2) is 35.4 Å². The third-order valence-corrected chi connectivity index (χ3v) is 4.85. The highest BCUT2D eigenvalue weighted by Crippen LogP contribution is 2.23. The molecule has 0 spiro atoms. The molecule has 0 fully saturated rings. The lowest BCUT2D eigenvalue weighted by Gasteiger charge is -2.13. The molecular formula is C22H22ClN3O2. The maximum atomic E-state index is 12.6. The third-order valence-electron chi connectivity index (χ3n) is 4.52. The Bertz CT molecular complexity index is 1020. The van der Waals surface area contributed by atoms with Crippen molar-refractivity contribution >= 4 is 29.1 Å². The zero-order valence-corrected chi connectivity index (χ0v) is 17.0. The fourth-order valence-corrected chi connectivity index (χ4v) is 3.25. The largest absolute Gasteiger partial charge is 0.345 e. The molecule has 28 heavy (non-hydrogen) atoms. The van der Waals surface area contributed by atoms with Gasteiger partial charge in [0.05, 0.1) is 10.6 Å². The minimum absolute atomic E-state index is 0.220. The Morgan fingerprint density at radius 2 is 1.54 bits per heavy atom. The Morgan fingerprint density at radius 1 is 0.929 bits per heavy atom. The molecule has 1 N–H and O–H groups in total. The van der Waals surface area contributed by atoms with Crippen molar-refractivity contribution in [2.45, 2.75) is 13.8 Å². The van der Waals surface area contributed by atoms with Crippen LogP contribution >= 0.6 is 11.6 Å². The lowest BCUT2D eigenvalue weighted by Crippen LogP contribution is -2.22. The molecule has 0 unspecified atom stereocenters. The van der Waals surface area contributed by atoms with E-state index in [1.54, 1.807) is 44.4 Å². The van der Waals surface area contributed by atoms with Gasteiger partial charge in [0.2, 0.25) is 0 Å². The van der Waals surface area contributed by atoms with E-state index in [9.17, 15) is 9.59 Å². The molecule has 2 aromatic carbocycles. The van der Waals surface area contributed by atoms with Crippen molar-refractivity contribution in [3.63, 3.8) is 0 Å². The van der Waals surface area contributed by atoms with Crippen molar-refractivity contribution in [3.8, 4) is 5.69 Å². The number of halogens is 1. The van der Waals surface area contributed by atoms with Crippen LogP contribution in [-0.2, 0) is 0 Å². The number of carbonyl (C=O) groups excluding carboxylic acids is 2. The van der Waals surface area contributed by atoms with Gasteiger partial charge in [0, 0.05) is 42.4 Å². The first-order chi connectivity index (χ1) is 13.3. The highest BCUT2D eigenvalue weighted by Gasteiger charge is 2.15. The molecule has 0 radical (unpaired) electrons. The van der Waals surface area contributed by atoms with E-state index in [4.69, 9.17) is 11.6 Å². The van der Waals surface area contributed by atoms with Crippen LogP contribution in [0.4, 0.5) is 5.69 Å². The molecule has 3 rings (SSSR count). The Morgan fingerprint density at radius 3 is 2.11 bits per heavy atom. The molecular weight excluding hydrogens is 374 g/mol. The fourth-order valence-electron chi connectivity index (χ4n) is 3.05. The van der Waals surface area contributed by atoms with Crippen LogP contribution in [0, 0.1) is 13.8 Å². The number of nitrogens with one attached hydrogen (secondary N) is 1. The van der Waals surface area contributed by atoms with Gasteiger partial charge in [-0.3, -0.25) is 9.59 Å². The Balaban J connectivity index is 1.80. The lowest BCUT2D eigenvalue weighted by molar-refractivity contribution is 0.0827. The number of amides is 2. The molecule has 0 aliphatic rings. The maximum Gasteiger partial charge on any atom is 0.255 e. The second kappa shape index (κ2) is 7.90.